The zero-order valence-electron chi connectivity index (χ0n) is 14.3. The average Bonchev–Trinajstić information content (AvgIpc) is 2.46. The van der Waals surface area contributed by atoms with Crippen LogP contribution in [0.2, 0.25) is 0 Å². The standard InChI is InChI=1S/C20H36O/c1-4-20(21)18-16-14-12-10-8-6-5-7-9-11-13-15-17-19(2)3/h1,16,18-21H,5-15,17H2,2-3H3/b18-16+/t20-/m0/s1. The minimum atomic E-state index is -0.703. The first kappa shape index (κ1) is 20.3. The van der Waals surface area contributed by atoms with Crippen molar-refractivity contribution in [1.82, 2.24) is 0 Å². The first-order chi connectivity index (χ1) is 10.2. The fourth-order valence-corrected chi connectivity index (χ4v) is 2.51. The van der Waals surface area contributed by atoms with Crippen molar-refractivity contribution in [3.05, 3.63) is 12.2 Å². The molecular weight excluding hydrogens is 256 g/mol. The Balaban J connectivity index is 3.09. The predicted octanol–water partition coefficient (Wildman–Crippen LogP) is 5.87. The summed E-state index contributed by atoms with van der Waals surface area (Å²) in [5.74, 6) is 3.15. The van der Waals surface area contributed by atoms with Crippen molar-refractivity contribution < 1.29 is 5.11 Å². The highest BCUT2D eigenvalue weighted by Crippen LogP contribution is 2.13. The molecule has 0 heterocycles. The van der Waals surface area contributed by atoms with Crippen LogP contribution in [-0.4, -0.2) is 11.2 Å². The molecule has 0 aliphatic rings. The number of aliphatic hydroxyl groups excluding tert-OH is 1. The van der Waals surface area contributed by atoms with Gasteiger partial charge in [-0.1, -0.05) is 90.1 Å². The maximum absolute atomic E-state index is 9.14. The van der Waals surface area contributed by atoms with E-state index in [9.17, 15) is 0 Å². The summed E-state index contributed by atoms with van der Waals surface area (Å²) < 4.78 is 0. The van der Waals surface area contributed by atoms with Gasteiger partial charge in [0.25, 0.3) is 0 Å². The van der Waals surface area contributed by atoms with E-state index in [4.69, 9.17) is 11.5 Å². The molecule has 0 spiro atoms. The average molecular weight is 293 g/mol. The lowest BCUT2D eigenvalue weighted by Gasteiger charge is -2.04. The zero-order chi connectivity index (χ0) is 15.8. The molecule has 1 heteroatoms. The molecule has 1 N–H and O–H groups in total. The number of aliphatic hydroxyl groups is 1. The molecule has 0 aromatic rings. The van der Waals surface area contributed by atoms with E-state index in [2.05, 4.69) is 19.8 Å². The topological polar surface area (TPSA) is 20.2 Å². The first-order valence-electron chi connectivity index (χ1n) is 8.97. The monoisotopic (exact) mass is 292 g/mol. The maximum Gasteiger partial charge on any atom is 0.133 e. The van der Waals surface area contributed by atoms with Crippen LogP contribution in [0.25, 0.3) is 0 Å². The van der Waals surface area contributed by atoms with Gasteiger partial charge in [0.05, 0.1) is 0 Å². The Kier molecular flexibility index (Phi) is 15.1. The lowest BCUT2D eigenvalue weighted by Crippen LogP contribution is -1.95. The molecule has 0 bridgehead atoms. The van der Waals surface area contributed by atoms with Gasteiger partial charge < -0.3 is 5.11 Å². The van der Waals surface area contributed by atoms with Crippen molar-refractivity contribution in [2.24, 2.45) is 5.92 Å². The van der Waals surface area contributed by atoms with Crippen LogP contribution in [0.15, 0.2) is 12.2 Å². The minimum absolute atomic E-state index is 0.703. The van der Waals surface area contributed by atoms with E-state index in [0.717, 1.165) is 12.3 Å². The van der Waals surface area contributed by atoms with Gasteiger partial charge in [-0.3, -0.25) is 0 Å². The predicted molar refractivity (Wildman–Crippen MR) is 94.2 cm³/mol. The minimum Gasteiger partial charge on any atom is -0.377 e. The van der Waals surface area contributed by atoms with E-state index >= 15 is 0 Å². The molecule has 0 aliphatic heterocycles. The number of rotatable bonds is 14. The van der Waals surface area contributed by atoms with Crippen LogP contribution < -0.4 is 0 Å². The number of allylic oxidation sites excluding steroid dienone is 1. The second-order valence-electron chi connectivity index (χ2n) is 6.55. The molecule has 0 rings (SSSR count). The molecule has 1 nitrogen and oxygen atoms in total. The van der Waals surface area contributed by atoms with Crippen molar-refractivity contribution in [2.45, 2.75) is 97.0 Å². The Bertz CT molecular complexity index is 272. The number of hydrogen-bond acceptors (Lipinski definition) is 1. The molecular formula is C20H36O. The van der Waals surface area contributed by atoms with Gasteiger partial charge in [-0.25, -0.2) is 0 Å². The Labute approximate surface area is 133 Å². The van der Waals surface area contributed by atoms with E-state index in [0.29, 0.717) is 0 Å². The van der Waals surface area contributed by atoms with E-state index < -0.39 is 6.10 Å². The molecule has 21 heavy (non-hydrogen) atoms. The maximum atomic E-state index is 9.14. The molecule has 0 amide bonds. The van der Waals surface area contributed by atoms with Gasteiger partial charge in [0.1, 0.15) is 6.10 Å². The Morgan fingerprint density at radius 2 is 1.33 bits per heavy atom. The summed E-state index contributed by atoms with van der Waals surface area (Å²) in [5, 5.41) is 9.14. The smallest absolute Gasteiger partial charge is 0.133 e. The van der Waals surface area contributed by atoms with E-state index in [1.165, 1.54) is 70.6 Å². The third kappa shape index (κ3) is 17.2. The van der Waals surface area contributed by atoms with E-state index in [1.54, 1.807) is 6.08 Å². The Hall–Kier alpha value is -0.740. The van der Waals surface area contributed by atoms with Crippen LogP contribution in [0.3, 0.4) is 0 Å². The van der Waals surface area contributed by atoms with Gasteiger partial charge in [-0.15, -0.1) is 6.42 Å². The van der Waals surface area contributed by atoms with Crippen molar-refractivity contribution in [1.29, 1.82) is 0 Å². The second-order valence-corrected chi connectivity index (χ2v) is 6.55. The van der Waals surface area contributed by atoms with Gasteiger partial charge in [-0.2, -0.15) is 0 Å². The molecule has 0 aromatic heterocycles. The van der Waals surface area contributed by atoms with Crippen molar-refractivity contribution in [2.75, 3.05) is 0 Å². The fourth-order valence-electron chi connectivity index (χ4n) is 2.51. The summed E-state index contributed by atoms with van der Waals surface area (Å²) in [6, 6.07) is 0. The summed E-state index contributed by atoms with van der Waals surface area (Å²) in [6.45, 7) is 4.63. The number of terminal acetylenes is 1. The molecule has 0 unspecified atom stereocenters. The van der Waals surface area contributed by atoms with Crippen LogP contribution in [0.1, 0.15) is 90.9 Å². The summed E-state index contributed by atoms with van der Waals surface area (Å²) in [4.78, 5) is 0. The summed E-state index contributed by atoms with van der Waals surface area (Å²) >= 11 is 0. The summed E-state index contributed by atoms with van der Waals surface area (Å²) in [6.07, 6.45) is 24.2. The number of hydrogen-bond donors (Lipinski definition) is 1. The summed E-state index contributed by atoms with van der Waals surface area (Å²) in [7, 11) is 0. The zero-order valence-corrected chi connectivity index (χ0v) is 14.3. The van der Waals surface area contributed by atoms with E-state index in [-0.39, 0.29) is 0 Å². The quantitative estimate of drug-likeness (QED) is 0.241. The lowest BCUT2D eigenvalue weighted by molar-refractivity contribution is 0.280. The highest BCUT2D eigenvalue weighted by Gasteiger charge is 1.95. The molecule has 0 aromatic carbocycles. The lowest BCUT2D eigenvalue weighted by atomic mass is 10.0. The molecule has 122 valence electrons. The molecule has 0 fully saturated rings. The Morgan fingerprint density at radius 1 is 0.857 bits per heavy atom. The Morgan fingerprint density at radius 3 is 1.81 bits per heavy atom. The highest BCUT2D eigenvalue weighted by atomic mass is 16.3. The van der Waals surface area contributed by atoms with Crippen LogP contribution in [0.5, 0.6) is 0 Å². The molecule has 0 saturated carbocycles. The van der Waals surface area contributed by atoms with Crippen molar-refractivity contribution >= 4 is 0 Å². The second kappa shape index (κ2) is 15.6. The van der Waals surface area contributed by atoms with Crippen molar-refractivity contribution in [3.63, 3.8) is 0 Å². The SMILES string of the molecule is C#C[C@H](O)/C=C/CCCCCCCCCCCCC(C)C. The van der Waals surface area contributed by atoms with E-state index in [1.807, 2.05) is 6.08 Å². The van der Waals surface area contributed by atoms with Gasteiger partial charge >= 0.3 is 0 Å². The molecule has 0 aliphatic carbocycles. The normalized spacial score (nSPS) is 12.9. The van der Waals surface area contributed by atoms with Gasteiger partial charge in [-0.05, 0) is 24.8 Å². The number of unbranched alkanes of at least 4 members (excludes halogenated alkanes) is 10. The van der Waals surface area contributed by atoms with Crippen molar-refractivity contribution in [3.8, 4) is 12.3 Å². The first-order valence-corrected chi connectivity index (χ1v) is 8.97. The highest BCUT2D eigenvalue weighted by molar-refractivity contribution is 5.05. The molecule has 0 radical (unpaired) electrons. The largest absolute Gasteiger partial charge is 0.377 e. The van der Waals surface area contributed by atoms with Crippen LogP contribution in [0.4, 0.5) is 0 Å². The van der Waals surface area contributed by atoms with Gasteiger partial charge in [0, 0.05) is 0 Å². The molecule has 0 saturated heterocycles. The molecule has 1 atom stereocenters. The van der Waals surface area contributed by atoms with Crippen LogP contribution in [0, 0.1) is 18.3 Å². The van der Waals surface area contributed by atoms with Crippen LogP contribution >= 0.6 is 0 Å². The fraction of sp³-hybridized carbons (Fsp3) is 0.800. The van der Waals surface area contributed by atoms with Crippen LogP contribution in [-0.2, 0) is 0 Å². The van der Waals surface area contributed by atoms with Gasteiger partial charge in [0.15, 0.2) is 0 Å². The van der Waals surface area contributed by atoms with Gasteiger partial charge in [0.2, 0.25) is 0 Å². The third-order valence-electron chi connectivity index (χ3n) is 3.89. The summed E-state index contributed by atoms with van der Waals surface area (Å²) in [5.41, 5.74) is 0. The third-order valence-corrected chi connectivity index (χ3v) is 3.89.